The summed E-state index contributed by atoms with van der Waals surface area (Å²) in [6, 6.07) is 5.23. The Labute approximate surface area is 109 Å². The van der Waals surface area contributed by atoms with Gasteiger partial charge in [-0.15, -0.1) is 0 Å². The highest BCUT2D eigenvalue weighted by Crippen LogP contribution is 2.38. The van der Waals surface area contributed by atoms with Gasteiger partial charge in [-0.2, -0.15) is 0 Å². The van der Waals surface area contributed by atoms with Gasteiger partial charge < -0.3 is 4.52 Å². The molecule has 0 saturated carbocycles. The van der Waals surface area contributed by atoms with Gasteiger partial charge in [-0.3, -0.25) is 0 Å². The van der Waals surface area contributed by atoms with Crippen molar-refractivity contribution in [3.05, 3.63) is 37.9 Å². The van der Waals surface area contributed by atoms with E-state index in [1.807, 2.05) is 0 Å². The zero-order valence-corrected chi connectivity index (χ0v) is 11.0. The lowest BCUT2D eigenvalue weighted by Crippen LogP contribution is -1.80. The minimum Gasteiger partial charge on any atom is -0.347 e. The monoisotopic (exact) mass is 325 g/mol. The molecule has 0 N–H and O–H groups in total. The molecule has 0 unspecified atom stereocenters. The fourth-order valence-corrected chi connectivity index (χ4v) is 1.93. The lowest BCUT2D eigenvalue weighted by molar-refractivity contribution is 0.402. The van der Waals surface area contributed by atoms with Gasteiger partial charge in [0.15, 0.2) is 0 Å². The maximum absolute atomic E-state index is 6.02. The molecule has 1 heterocycles. The van der Waals surface area contributed by atoms with Gasteiger partial charge in [0.25, 0.3) is 0 Å². The molecule has 0 saturated heterocycles. The minimum absolute atomic E-state index is 0.371. The normalized spacial score (nSPS) is 10.7. The van der Waals surface area contributed by atoms with E-state index < -0.39 is 0 Å². The van der Waals surface area contributed by atoms with E-state index in [1.165, 1.54) is 0 Å². The molecule has 0 amide bonds. The van der Waals surface area contributed by atoms with Crippen LogP contribution in [0.15, 0.2) is 27.4 Å². The van der Waals surface area contributed by atoms with E-state index in [1.54, 1.807) is 18.2 Å². The number of benzene rings is 1. The molecule has 1 aromatic carbocycles. The number of nitrogens with zero attached hydrogens (tertiary/aromatic N) is 1. The molecule has 0 bridgehead atoms. The van der Waals surface area contributed by atoms with Crippen molar-refractivity contribution in [2.75, 3.05) is 0 Å². The SMILES string of the molecule is Clc1cccc(-c2noc(Br)c2Cl)c1Cl. The van der Waals surface area contributed by atoms with Crippen LogP contribution in [-0.2, 0) is 0 Å². The van der Waals surface area contributed by atoms with Crippen molar-refractivity contribution in [3.8, 4) is 11.3 Å². The molecule has 0 atom stereocenters. The van der Waals surface area contributed by atoms with Crippen LogP contribution in [0.1, 0.15) is 0 Å². The van der Waals surface area contributed by atoms with Crippen molar-refractivity contribution in [2.45, 2.75) is 0 Å². The van der Waals surface area contributed by atoms with Crippen LogP contribution >= 0.6 is 50.7 Å². The smallest absolute Gasteiger partial charge is 0.221 e. The molecule has 0 aliphatic carbocycles. The van der Waals surface area contributed by atoms with Gasteiger partial charge >= 0.3 is 0 Å². The summed E-state index contributed by atoms with van der Waals surface area (Å²) in [5, 5.41) is 5.02. The van der Waals surface area contributed by atoms with E-state index in [4.69, 9.17) is 39.3 Å². The number of hydrogen-bond acceptors (Lipinski definition) is 2. The van der Waals surface area contributed by atoms with E-state index in [2.05, 4.69) is 21.1 Å². The van der Waals surface area contributed by atoms with Gasteiger partial charge in [0.1, 0.15) is 10.7 Å². The first-order chi connectivity index (χ1) is 7.11. The van der Waals surface area contributed by atoms with Crippen LogP contribution in [-0.4, -0.2) is 5.16 Å². The number of aromatic nitrogens is 1. The van der Waals surface area contributed by atoms with Crippen molar-refractivity contribution in [2.24, 2.45) is 0 Å². The van der Waals surface area contributed by atoms with Gasteiger partial charge in [-0.25, -0.2) is 0 Å². The van der Waals surface area contributed by atoms with Crippen LogP contribution in [0, 0.1) is 0 Å². The molecule has 0 aliphatic heterocycles. The van der Waals surface area contributed by atoms with Crippen LogP contribution in [0.4, 0.5) is 0 Å². The standard InChI is InChI=1S/C9H3BrCl3NO/c10-9-7(13)8(14-15-9)4-2-1-3-5(11)6(4)12/h1-3H. The maximum Gasteiger partial charge on any atom is 0.221 e. The molecule has 2 nitrogen and oxygen atoms in total. The summed E-state index contributed by atoms with van der Waals surface area (Å²) in [7, 11) is 0. The zero-order valence-electron chi connectivity index (χ0n) is 7.10. The average molecular weight is 327 g/mol. The second-order valence-electron chi connectivity index (χ2n) is 2.72. The molecule has 0 radical (unpaired) electrons. The van der Waals surface area contributed by atoms with Crippen molar-refractivity contribution in [1.82, 2.24) is 5.16 Å². The van der Waals surface area contributed by atoms with E-state index in [9.17, 15) is 0 Å². The average Bonchev–Trinajstić information content (AvgIpc) is 2.53. The highest BCUT2D eigenvalue weighted by molar-refractivity contribution is 9.10. The van der Waals surface area contributed by atoms with Crippen LogP contribution in [0.25, 0.3) is 11.3 Å². The number of hydrogen-bond donors (Lipinski definition) is 0. The summed E-state index contributed by atoms with van der Waals surface area (Å²) in [4.78, 5) is 0. The lowest BCUT2D eigenvalue weighted by Gasteiger charge is -2.01. The second kappa shape index (κ2) is 4.34. The van der Waals surface area contributed by atoms with Crippen LogP contribution in [0.5, 0.6) is 0 Å². The molecule has 0 spiro atoms. The van der Waals surface area contributed by atoms with Crippen LogP contribution in [0.3, 0.4) is 0 Å². The van der Waals surface area contributed by atoms with Gasteiger partial charge in [0.2, 0.25) is 4.67 Å². The van der Waals surface area contributed by atoms with Gasteiger partial charge in [0.05, 0.1) is 10.0 Å². The van der Waals surface area contributed by atoms with E-state index in [0.29, 0.717) is 31.0 Å². The van der Waals surface area contributed by atoms with E-state index >= 15 is 0 Å². The fourth-order valence-electron chi connectivity index (χ4n) is 1.11. The van der Waals surface area contributed by atoms with Crippen molar-refractivity contribution in [3.63, 3.8) is 0 Å². The Balaban J connectivity index is 2.64. The Morgan fingerprint density at radius 2 is 1.87 bits per heavy atom. The molecular weight excluding hydrogens is 324 g/mol. The first kappa shape index (κ1) is 11.3. The molecule has 2 rings (SSSR count). The number of rotatable bonds is 1. The van der Waals surface area contributed by atoms with Crippen LogP contribution in [0.2, 0.25) is 15.1 Å². The molecule has 15 heavy (non-hydrogen) atoms. The van der Waals surface area contributed by atoms with Crippen molar-refractivity contribution in [1.29, 1.82) is 0 Å². The molecule has 6 heteroatoms. The van der Waals surface area contributed by atoms with Gasteiger partial charge in [-0.1, -0.05) is 52.1 Å². The number of halogens is 4. The third-order valence-electron chi connectivity index (χ3n) is 1.80. The quantitative estimate of drug-likeness (QED) is 0.731. The first-order valence-electron chi connectivity index (χ1n) is 3.86. The third-order valence-corrected chi connectivity index (χ3v) is 3.74. The summed E-state index contributed by atoms with van der Waals surface area (Å²) in [5.41, 5.74) is 1.11. The Bertz CT molecular complexity index is 512. The zero-order chi connectivity index (χ0) is 11.0. The molecular formula is C9H3BrCl3NO. The largest absolute Gasteiger partial charge is 0.347 e. The highest BCUT2D eigenvalue weighted by atomic mass is 79.9. The Morgan fingerprint density at radius 1 is 1.13 bits per heavy atom. The van der Waals surface area contributed by atoms with Gasteiger partial charge in [-0.05, 0) is 22.0 Å². The minimum atomic E-state index is 0.371. The Hall–Kier alpha value is -0.220. The van der Waals surface area contributed by atoms with Crippen molar-refractivity contribution < 1.29 is 4.52 Å². The van der Waals surface area contributed by atoms with E-state index in [0.717, 1.165) is 0 Å². The predicted octanol–water partition coefficient (Wildman–Crippen LogP) is 5.06. The van der Waals surface area contributed by atoms with Crippen molar-refractivity contribution >= 4 is 50.7 Å². The first-order valence-corrected chi connectivity index (χ1v) is 5.79. The topological polar surface area (TPSA) is 26.0 Å². The summed E-state index contributed by atoms with van der Waals surface area (Å²) in [6.07, 6.45) is 0. The summed E-state index contributed by atoms with van der Waals surface area (Å²) in [5.74, 6) is 0. The fraction of sp³-hybridized carbons (Fsp3) is 0. The second-order valence-corrected chi connectivity index (χ2v) is 4.60. The maximum atomic E-state index is 6.02. The van der Waals surface area contributed by atoms with E-state index in [-0.39, 0.29) is 0 Å². The molecule has 2 aromatic rings. The third kappa shape index (κ3) is 2.02. The van der Waals surface area contributed by atoms with Gasteiger partial charge in [0, 0.05) is 5.56 Å². The predicted molar refractivity (Wildman–Crippen MR) is 64.7 cm³/mol. The summed E-state index contributed by atoms with van der Waals surface area (Å²) >= 11 is 21.0. The summed E-state index contributed by atoms with van der Waals surface area (Å²) in [6.45, 7) is 0. The molecule has 0 aliphatic rings. The van der Waals surface area contributed by atoms with Crippen LogP contribution < -0.4 is 0 Å². The summed E-state index contributed by atoms with van der Waals surface area (Å²) < 4.78 is 5.25. The lowest BCUT2D eigenvalue weighted by atomic mass is 10.1. The molecule has 0 fully saturated rings. The molecule has 78 valence electrons. The Morgan fingerprint density at radius 3 is 2.47 bits per heavy atom. The Kier molecular flexibility index (Phi) is 3.26. The molecule has 1 aromatic heterocycles. The highest BCUT2D eigenvalue weighted by Gasteiger charge is 2.17.